The smallest absolute Gasteiger partial charge is 0.278 e. The summed E-state index contributed by atoms with van der Waals surface area (Å²) in [6.45, 7) is 1.74. The lowest BCUT2D eigenvalue weighted by Gasteiger charge is -1.92. The molecule has 2 aromatic rings. The van der Waals surface area contributed by atoms with Crippen LogP contribution in [0.3, 0.4) is 0 Å². The Kier molecular flexibility index (Phi) is 1.45. The second-order valence-corrected chi connectivity index (χ2v) is 2.91. The zero-order valence-electron chi connectivity index (χ0n) is 7.64. The predicted octanol–water partition coefficient (Wildman–Crippen LogP) is -0.630. The van der Waals surface area contributed by atoms with E-state index in [4.69, 9.17) is 0 Å². The third kappa shape index (κ3) is 0.947. The van der Waals surface area contributed by atoms with Crippen LogP contribution in [0.1, 0.15) is 5.82 Å². The van der Waals surface area contributed by atoms with Crippen molar-refractivity contribution in [1.82, 2.24) is 24.3 Å². The van der Waals surface area contributed by atoms with Crippen LogP contribution in [-0.2, 0) is 14.1 Å². The summed E-state index contributed by atoms with van der Waals surface area (Å²) < 4.78 is 2.88. The summed E-state index contributed by atoms with van der Waals surface area (Å²) in [5.41, 5.74) is 0.945. The van der Waals surface area contributed by atoms with E-state index in [-0.39, 0.29) is 5.69 Å². The first kappa shape index (κ1) is 7.90. The highest BCUT2D eigenvalue weighted by Crippen LogP contribution is 2.02. The highest BCUT2D eigenvalue weighted by Gasteiger charge is 2.10. The summed E-state index contributed by atoms with van der Waals surface area (Å²) >= 11 is 0. The molecule has 0 aliphatic heterocycles. The van der Waals surface area contributed by atoms with Gasteiger partial charge in [0.25, 0.3) is 0 Å². The average Bonchev–Trinajstić information content (AvgIpc) is 2.32. The molecule has 0 N–H and O–H groups in total. The van der Waals surface area contributed by atoms with Gasteiger partial charge < -0.3 is 0 Å². The van der Waals surface area contributed by atoms with Gasteiger partial charge in [-0.05, 0) is 6.92 Å². The van der Waals surface area contributed by atoms with Crippen LogP contribution in [0, 0.1) is 6.92 Å². The molecule has 0 bridgehead atoms. The molecule has 0 saturated heterocycles. The number of aromatic nitrogens is 5. The third-order valence-corrected chi connectivity index (χ3v) is 1.97. The van der Waals surface area contributed by atoms with Gasteiger partial charge in [0, 0.05) is 14.1 Å². The van der Waals surface area contributed by atoms with Gasteiger partial charge in [-0.15, -0.1) is 10.2 Å². The maximum atomic E-state index is 11.4. The Morgan fingerprint density at radius 1 is 1.08 bits per heavy atom. The first-order chi connectivity index (χ1) is 6.11. The molecule has 0 saturated carbocycles. The molecule has 68 valence electrons. The van der Waals surface area contributed by atoms with Crippen molar-refractivity contribution in [2.75, 3.05) is 0 Å². The standard InChI is InChI=1S/C7H9N5O/c1-4-8-5-6(10-9-4)12(3)7(13)11(5)2/h1-3H3. The Bertz CT molecular complexity index is 523. The number of fused-ring (bicyclic) bond motifs is 1. The molecule has 0 fully saturated rings. The van der Waals surface area contributed by atoms with Gasteiger partial charge in [0.15, 0.2) is 5.65 Å². The Morgan fingerprint density at radius 2 is 1.69 bits per heavy atom. The quantitative estimate of drug-likeness (QED) is 0.540. The van der Waals surface area contributed by atoms with E-state index in [1.807, 2.05) is 0 Å². The summed E-state index contributed by atoms with van der Waals surface area (Å²) in [7, 11) is 3.31. The largest absolute Gasteiger partial charge is 0.331 e. The summed E-state index contributed by atoms with van der Waals surface area (Å²) in [5.74, 6) is 0.564. The van der Waals surface area contributed by atoms with E-state index in [2.05, 4.69) is 15.2 Å². The number of rotatable bonds is 0. The van der Waals surface area contributed by atoms with Crippen molar-refractivity contribution in [3.63, 3.8) is 0 Å². The van der Waals surface area contributed by atoms with Crippen LogP contribution < -0.4 is 5.69 Å². The maximum Gasteiger partial charge on any atom is 0.331 e. The van der Waals surface area contributed by atoms with E-state index in [9.17, 15) is 4.79 Å². The van der Waals surface area contributed by atoms with Crippen LogP contribution in [0.2, 0.25) is 0 Å². The van der Waals surface area contributed by atoms with Crippen LogP contribution in [0.5, 0.6) is 0 Å². The Morgan fingerprint density at radius 3 is 2.38 bits per heavy atom. The van der Waals surface area contributed by atoms with Gasteiger partial charge in [-0.2, -0.15) is 0 Å². The monoisotopic (exact) mass is 179 g/mol. The van der Waals surface area contributed by atoms with E-state index in [1.165, 1.54) is 9.13 Å². The summed E-state index contributed by atoms with van der Waals surface area (Å²) in [5, 5.41) is 7.68. The number of hydrogen-bond acceptors (Lipinski definition) is 4. The van der Waals surface area contributed by atoms with E-state index in [0.717, 1.165) is 0 Å². The Labute approximate surface area is 73.8 Å². The van der Waals surface area contributed by atoms with Crippen molar-refractivity contribution in [2.24, 2.45) is 14.1 Å². The first-order valence-corrected chi connectivity index (χ1v) is 3.84. The molecule has 2 rings (SSSR count). The summed E-state index contributed by atoms with van der Waals surface area (Å²) in [6.07, 6.45) is 0. The van der Waals surface area contributed by atoms with Gasteiger partial charge in [0.05, 0.1) is 0 Å². The SMILES string of the molecule is Cc1nnc2c(n1)n(C)c(=O)n2C. The van der Waals surface area contributed by atoms with Crippen molar-refractivity contribution in [3.8, 4) is 0 Å². The van der Waals surface area contributed by atoms with Gasteiger partial charge in [-0.1, -0.05) is 0 Å². The van der Waals surface area contributed by atoms with Crippen molar-refractivity contribution in [1.29, 1.82) is 0 Å². The molecule has 6 heteroatoms. The number of aryl methyl sites for hydroxylation is 3. The second kappa shape index (κ2) is 2.38. The molecule has 13 heavy (non-hydrogen) atoms. The summed E-state index contributed by atoms with van der Waals surface area (Å²) in [6, 6.07) is 0. The van der Waals surface area contributed by atoms with Crippen LogP contribution >= 0.6 is 0 Å². The fourth-order valence-corrected chi connectivity index (χ4v) is 1.24. The molecule has 0 aromatic carbocycles. The van der Waals surface area contributed by atoms with E-state index < -0.39 is 0 Å². The minimum absolute atomic E-state index is 0.137. The fraction of sp³-hybridized carbons (Fsp3) is 0.429. The van der Waals surface area contributed by atoms with Crippen LogP contribution in [0.25, 0.3) is 11.3 Å². The summed E-state index contributed by atoms with van der Waals surface area (Å²) in [4.78, 5) is 15.5. The van der Waals surface area contributed by atoms with Gasteiger partial charge in [0.2, 0.25) is 5.65 Å². The molecule has 6 nitrogen and oxygen atoms in total. The number of imidazole rings is 1. The molecule has 0 amide bonds. The normalized spacial score (nSPS) is 11.0. The van der Waals surface area contributed by atoms with Crippen LogP contribution in [0.4, 0.5) is 0 Å². The minimum atomic E-state index is -0.137. The highest BCUT2D eigenvalue weighted by atomic mass is 16.1. The highest BCUT2D eigenvalue weighted by molar-refractivity contribution is 5.65. The van der Waals surface area contributed by atoms with E-state index >= 15 is 0 Å². The molecule has 0 atom stereocenters. The Balaban J connectivity index is 3.04. The average molecular weight is 179 g/mol. The van der Waals surface area contributed by atoms with Gasteiger partial charge in [0.1, 0.15) is 5.82 Å². The molecule has 0 aliphatic carbocycles. The van der Waals surface area contributed by atoms with Crippen molar-refractivity contribution in [2.45, 2.75) is 6.92 Å². The molecular formula is C7H9N5O. The second-order valence-electron chi connectivity index (χ2n) is 2.91. The predicted molar refractivity (Wildman–Crippen MR) is 46.3 cm³/mol. The lowest BCUT2D eigenvalue weighted by atomic mass is 10.6. The maximum absolute atomic E-state index is 11.4. The van der Waals surface area contributed by atoms with Crippen molar-refractivity contribution >= 4 is 11.3 Å². The van der Waals surface area contributed by atoms with Gasteiger partial charge >= 0.3 is 5.69 Å². The van der Waals surface area contributed by atoms with Gasteiger partial charge in [-0.3, -0.25) is 9.13 Å². The molecule has 0 aliphatic rings. The van der Waals surface area contributed by atoms with E-state index in [0.29, 0.717) is 17.1 Å². The number of nitrogens with zero attached hydrogens (tertiary/aromatic N) is 5. The first-order valence-electron chi connectivity index (χ1n) is 3.84. The zero-order valence-corrected chi connectivity index (χ0v) is 7.64. The van der Waals surface area contributed by atoms with Crippen molar-refractivity contribution in [3.05, 3.63) is 16.3 Å². The van der Waals surface area contributed by atoms with Gasteiger partial charge in [-0.25, -0.2) is 9.78 Å². The topological polar surface area (TPSA) is 65.6 Å². The zero-order chi connectivity index (χ0) is 9.59. The number of hydrogen-bond donors (Lipinski definition) is 0. The molecular weight excluding hydrogens is 170 g/mol. The van der Waals surface area contributed by atoms with Crippen LogP contribution in [-0.4, -0.2) is 24.3 Å². The molecule has 0 unspecified atom stereocenters. The Hall–Kier alpha value is -1.72. The molecule has 2 aromatic heterocycles. The fourth-order valence-electron chi connectivity index (χ4n) is 1.24. The molecule has 0 spiro atoms. The van der Waals surface area contributed by atoms with Crippen molar-refractivity contribution < 1.29 is 0 Å². The molecule has 0 radical (unpaired) electrons. The minimum Gasteiger partial charge on any atom is -0.278 e. The molecule has 2 heterocycles. The van der Waals surface area contributed by atoms with Crippen LogP contribution in [0.15, 0.2) is 4.79 Å². The van der Waals surface area contributed by atoms with E-state index in [1.54, 1.807) is 21.0 Å². The lowest BCUT2D eigenvalue weighted by molar-refractivity contribution is 0.787. The third-order valence-electron chi connectivity index (χ3n) is 1.97. The lowest BCUT2D eigenvalue weighted by Crippen LogP contribution is -2.19.